The number of rotatable bonds is 8. The monoisotopic (exact) mass is 434 g/mol. The van der Waals surface area contributed by atoms with Crippen LogP contribution in [0, 0.1) is 17.2 Å². The average molecular weight is 435 g/mol. The maximum absolute atomic E-state index is 9.15. The zero-order chi connectivity index (χ0) is 22.2. The molecule has 158 valence electrons. The van der Waals surface area contributed by atoms with Crippen molar-refractivity contribution in [3.8, 4) is 6.07 Å². The Morgan fingerprint density at radius 2 is 1.12 bits per heavy atom. The van der Waals surface area contributed by atoms with Crippen LogP contribution in [0.2, 0.25) is 0 Å². The Balaban J connectivity index is 1.83. The normalized spacial score (nSPS) is 12.1. The third-order valence-electron chi connectivity index (χ3n) is 6.09. The van der Waals surface area contributed by atoms with E-state index in [-0.39, 0.29) is 5.92 Å². The standard InChI is InChI=1S/C30H29NP/c1-25(23-31)20-21-26-12-11-13-27(22-26)24-32(28-14-5-2-6-15-28,29-16-7-3-8-17-29)30-18-9-4-10-19-30/h2-19,22,25H,20-21,24H2,1H3/q+1. The van der Waals surface area contributed by atoms with Crippen molar-refractivity contribution in [2.24, 2.45) is 5.92 Å². The minimum absolute atomic E-state index is 0.0863. The molecule has 0 fully saturated rings. The molecule has 0 amide bonds. The van der Waals surface area contributed by atoms with Gasteiger partial charge < -0.3 is 0 Å². The van der Waals surface area contributed by atoms with Gasteiger partial charge >= 0.3 is 0 Å². The van der Waals surface area contributed by atoms with Crippen LogP contribution in [0.1, 0.15) is 24.5 Å². The number of nitrogens with zero attached hydrogens (tertiary/aromatic N) is 1. The van der Waals surface area contributed by atoms with Crippen LogP contribution < -0.4 is 15.9 Å². The lowest BCUT2D eigenvalue weighted by molar-refractivity contribution is 0.660. The molecule has 0 aliphatic rings. The highest BCUT2D eigenvalue weighted by molar-refractivity contribution is 7.95. The summed E-state index contributed by atoms with van der Waals surface area (Å²) in [6, 6.07) is 44.4. The molecule has 1 nitrogen and oxygen atoms in total. The second-order valence-electron chi connectivity index (χ2n) is 8.36. The minimum Gasteiger partial charge on any atom is -0.198 e. The van der Waals surface area contributed by atoms with E-state index in [1.165, 1.54) is 27.0 Å². The molecule has 0 aliphatic carbocycles. The summed E-state index contributed by atoms with van der Waals surface area (Å²) in [6.45, 7) is 2.00. The van der Waals surface area contributed by atoms with E-state index in [4.69, 9.17) is 5.26 Å². The maximum Gasteiger partial charge on any atom is 0.116 e. The van der Waals surface area contributed by atoms with Crippen LogP contribution in [0.3, 0.4) is 0 Å². The Kier molecular flexibility index (Phi) is 7.16. The minimum atomic E-state index is -1.89. The zero-order valence-electron chi connectivity index (χ0n) is 18.6. The van der Waals surface area contributed by atoms with E-state index in [9.17, 15) is 0 Å². The van der Waals surface area contributed by atoms with Crippen molar-refractivity contribution >= 4 is 23.2 Å². The van der Waals surface area contributed by atoms with Crippen molar-refractivity contribution in [1.29, 1.82) is 5.26 Å². The van der Waals surface area contributed by atoms with Gasteiger partial charge in [-0.15, -0.1) is 0 Å². The van der Waals surface area contributed by atoms with Gasteiger partial charge in [0.2, 0.25) is 0 Å². The summed E-state index contributed by atoms with van der Waals surface area (Å²) < 4.78 is 0. The number of aryl methyl sites for hydroxylation is 1. The Hall–Kier alpha value is -3.20. The molecule has 4 aromatic rings. The van der Waals surface area contributed by atoms with Crippen molar-refractivity contribution < 1.29 is 0 Å². The number of benzene rings is 4. The summed E-state index contributed by atoms with van der Waals surface area (Å²) in [4.78, 5) is 0. The largest absolute Gasteiger partial charge is 0.198 e. The van der Waals surface area contributed by atoms with Gasteiger partial charge in [-0.25, -0.2) is 0 Å². The molecule has 32 heavy (non-hydrogen) atoms. The predicted octanol–water partition coefficient (Wildman–Crippen LogP) is 6.27. The molecule has 0 aromatic heterocycles. The van der Waals surface area contributed by atoms with E-state index in [1.807, 2.05) is 6.92 Å². The fraction of sp³-hybridized carbons (Fsp3) is 0.167. The summed E-state index contributed by atoms with van der Waals surface area (Å²) in [5, 5.41) is 13.4. The van der Waals surface area contributed by atoms with Gasteiger partial charge in [0.25, 0.3) is 0 Å². The fourth-order valence-electron chi connectivity index (χ4n) is 4.37. The predicted molar refractivity (Wildman–Crippen MR) is 138 cm³/mol. The molecule has 1 atom stereocenters. The highest BCUT2D eigenvalue weighted by Crippen LogP contribution is 2.58. The van der Waals surface area contributed by atoms with Gasteiger partial charge in [-0.1, -0.05) is 78.9 Å². The SMILES string of the molecule is CC(C#N)CCc1cccc(C[P+](c2ccccc2)(c2ccccc2)c2ccccc2)c1. The molecule has 0 saturated heterocycles. The summed E-state index contributed by atoms with van der Waals surface area (Å²) in [6.07, 6.45) is 2.82. The molecule has 0 N–H and O–H groups in total. The van der Waals surface area contributed by atoms with Crippen LogP contribution in [0.15, 0.2) is 115 Å². The van der Waals surface area contributed by atoms with E-state index < -0.39 is 7.26 Å². The summed E-state index contributed by atoms with van der Waals surface area (Å²) in [7, 11) is -1.89. The average Bonchev–Trinajstić information content (AvgIpc) is 2.87. The molecule has 0 heterocycles. The quantitative estimate of drug-likeness (QED) is 0.300. The van der Waals surface area contributed by atoms with Gasteiger partial charge in [-0.3, -0.25) is 0 Å². The first-order chi connectivity index (χ1) is 15.7. The number of nitriles is 1. The van der Waals surface area contributed by atoms with Gasteiger partial charge in [0, 0.05) is 5.92 Å². The first-order valence-electron chi connectivity index (χ1n) is 11.2. The molecule has 1 unspecified atom stereocenters. The number of hydrogen-bond acceptors (Lipinski definition) is 1. The maximum atomic E-state index is 9.15. The third-order valence-corrected chi connectivity index (χ3v) is 10.5. The van der Waals surface area contributed by atoms with Crippen molar-refractivity contribution in [3.63, 3.8) is 0 Å². The third kappa shape index (κ3) is 4.83. The van der Waals surface area contributed by atoms with Gasteiger partial charge in [0.1, 0.15) is 23.2 Å². The number of hydrogen-bond donors (Lipinski definition) is 0. The first kappa shape index (κ1) is 22.0. The van der Waals surface area contributed by atoms with Gasteiger partial charge in [0.05, 0.1) is 12.2 Å². The second-order valence-corrected chi connectivity index (χ2v) is 11.8. The summed E-state index contributed by atoms with van der Waals surface area (Å²) in [5.41, 5.74) is 2.67. The molecule has 0 radical (unpaired) electrons. The molecule has 0 spiro atoms. The smallest absolute Gasteiger partial charge is 0.116 e. The molecule has 0 bridgehead atoms. The first-order valence-corrected chi connectivity index (χ1v) is 13.2. The highest BCUT2D eigenvalue weighted by Gasteiger charge is 2.45. The molecule has 0 aliphatic heterocycles. The lowest BCUT2D eigenvalue weighted by Gasteiger charge is -2.28. The Morgan fingerprint density at radius 1 is 0.656 bits per heavy atom. The summed E-state index contributed by atoms with van der Waals surface area (Å²) in [5.74, 6) is 0.0863. The lowest BCUT2D eigenvalue weighted by Crippen LogP contribution is -2.32. The van der Waals surface area contributed by atoms with Crippen LogP contribution in [-0.2, 0) is 12.6 Å². The molecular weight excluding hydrogens is 405 g/mol. The highest BCUT2D eigenvalue weighted by atomic mass is 31.2. The second kappa shape index (κ2) is 10.4. The summed E-state index contributed by atoms with van der Waals surface area (Å²) >= 11 is 0. The van der Waals surface area contributed by atoms with Crippen molar-refractivity contribution in [1.82, 2.24) is 0 Å². The van der Waals surface area contributed by atoms with E-state index in [1.54, 1.807) is 0 Å². The van der Waals surface area contributed by atoms with Crippen LogP contribution in [0.4, 0.5) is 0 Å². The van der Waals surface area contributed by atoms with Crippen LogP contribution in [0.25, 0.3) is 0 Å². The molecule has 0 saturated carbocycles. The van der Waals surface area contributed by atoms with E-state index in [2.05, 4.69) is 121 Å². The van der Waals surface area contributed by atoms with E-state index in [0.717, 1.165) is 19.0 Å². The van der Waals surface area contributed by atoms with Crippen LogP contribution in [-0.4, -0.2) is 0 Å². The van der Waals surface area contributed by atoms with E-state index >= 15 is 0 Å². The van der Waals surface area contributed by atoms with Crippen LogP contribution in [0.5, 0.6) is 0 Å². The topological polar surface area (TPSA) is 23.8 Å². The van der Waals surface area contributed by atoms with Crippen molar-refractivity contribution in [2.75, 3.05) is 0 Å². The molecule has 4 rings (SSSR count). The fourth-order valence-corrected chi connectivity index (χ4v) is 8.60. The van der Waals surface area contributed by atoms with Gasteiger partial charge in [-0.05, 0) is 67.3 Å². The Morgan fingerprint density at radius 3 is 1.59 bits per heavy atom. The molecular formula is C30H29NP+. The van der Waals surface area contributed by atoms with Crippen molar-refractivity contribution in [3.05, 3.63) is 126 Å². The molecule has 2 heteroatoms. The zero-order valence-corrected chi connectivity index (χ0v) is 19.5. The van der Waals surface area contributed by atoms with Gasteiger partial charge in [0.15, 0.2) is 0 Å². The van der Waals surface area contributed by atoms with E-state index in [0.29, 0.717) is 0 Å². The van der Waals surface area contributed by atoms with Crippen LogP contribution >= 0.6 is 7.26 Å². The van der Waals surface area contributed by atoms with Crippen molar-refractivity contribution in [2.45, 2.75) is 25.9 Å². The van der Waals surface area contributed by atoms with Gasteiger partial charge in [-0.2, -0.15) is 5.26 Å². The lowest BCUT2D eigenvalue weighted by atomic mass is 10.0. The Labute approximate surface area is 192 Å². The Bertz CT molecular complexity index is 1070. The molecule has 4 aromatic carbocycles.